The van der Waals surface area contributed by atoms with Crippen LogP contribution in [0.25, 0.3) is 0 Å². The second-order valence-corrected chi connectivity index (χ2v) is 7.85. The summed E-state index contributed by atoms with van der Waals surface area (Å²) in [6.07, 6.45) is 0.403. The Labute approximate surface area is 185 Å². The molecule has 11 nitrogen and oxygen atoms in total. The third-order valence-corrected chi connectivity index (χ3v) is 5.59. The zero-order valence-electron chi connectivity index (χ0n) is 16.7. The van der Waals surface area contributed by atoms with E-state index in [0.717, 1.165) is 9.78 Å². The first-order valence-corrected chi connectivity index (χ1v) is 10.5. The number of thiophene rings is 1. The summed E-state index contributed by atoms with van der Waals surface area (Å²) in [5.74, 6) is -2.04. The maximum atomic E-state index is 12.4. The summed E-state index contributed by atoms with van der Waals surface area (Å²) in [4.78, 5) is 63.3. The average molecular weight is 458 g/mol. The van der Waals surface area contributed by atoms with Crippen molar-refractivity contribution in [2.24, 2.45) is 0 Å². The topological polar surface area (TPSA) is 134 Å². The van der Waals surface area contributed by atoms with E-state index >= 15 is 0 Å². The Kier molecular flexibility index (Phi) is 6.03. The highest BCUT2D eigenvalue weighted by Crippen LogP contribution is 2.32. The van der Waals surface area contributed by atoms with Crippen LogP contribution in [0.3, 0.4) is 0 Å². The van der Waals surface area contributed by atoms with E-state index in [1.807, 2.05) is 22.8 Å². The monoisotopic (exact) mass is 458 g/mol. The number of nitrogens with zero attached hydrogens (tertiary/aromatic N) is 2. The molecule has 12 heteroatoms. The highest BCUT2D eigenvalue weighted by atomic mass is 32.1. The van der Waals surface area contributed by atoms with Gasteiger partial charge in [-0.2, -0.15) is 0 Å². The molecule has 1 aromatic carbocycles. The summed E-state index contributed by atoms with van der Waals surface area (Å²) < 4.78 is 10.8. The fourth-order valence-electron chi connectivity index (χ4n) is 3.16. The summed E-state index contributed by atoms with van der Waals surface area (Å²) in [5.41, 5.74) is 0.350. The fraction of sp³-hybridized carbons (Fsp3) is 0.250. The van der Waals surface area contributed by atoms with E-state index in [2.05, 4.69) is 5.32 Å². The smallest absolute Gasteiger partial charge is 0.334 e. The zero-order valence-corrected chi connectivity index (χ0v) is 17.5. The van der Waals surface area contributed by atoms with Crippen molar-refractivity contribution in [3.8, 4) is 11.5 Å². The number of hydrogen-bond acceptors (Lipinski definition) is 8. The molecule has 0 aliphatic carbocycles. The molecule has 0 unspecified atom stereocenters. The highest BCUT2D eigenvalue weighted by molar-refractivity contribution is 7.09. The Morgan fingerprint density at radius 3 is 2.50 bits per heavy atom. The molecule has 7 amide bonds. The van der Waals surface area contributed by atoms with Crippen LogP contribution in [0.2, 0.25) is 0 Å². The molecule has 2 aliphatic heterocycles. The van der Waals surface area contributed by atoms with Gasteiger partial charge in [-0.25, -0.2) is 14.5 Å². The van der Waals surface area contributed by atoms with Crippen molar-refractivity contribution in [1.29, 1.82) is 0 Å². The van der Waals surface area contributed by atoms with Gasteiger partial charge in [-0.15, -0.1) is 11.3 Å². The summed E-state index contributed by atoms with van der Waals surface area (Å²) >= 11 is 1.46. The van der Waals surface area contributed by atoms with Crippen molar-refractivity contribution in [1.82, 2.24) is 15.1 Å². The number of nitrogens with one attached hydrogen (secondary N) is 2. The number of rotatable bonds is 6. The van der Waals surface area contributed by atoms with Crippen molar-refractivity contribution in [2.75, 3.05) is 31.6 Å². The standard InChI is InChI=1S/C20H18N4O7S/c25-16(22-19(28)21-12-3-4-14-15(10-12)31-8-7-30-14)11-24-18(27)17(26)23(20(24)29)6-5-13-2-1-9-32-13/h1-4,9-10H,5-8,11H2,(H2,21,22,25,28). The number of anilines is 1. The Balaban J connectivity index is 1.31. The largest absolute Gasteiger partial charge is 0.486 e. The van der Waals surface area contributed by atoms with Gasteiger partial charge in [0.25, 0.3) is 0 Å². The van der Waals surface area contributed by atoms with Crippen LogP contribution in [0.5, 0.6) is 11.5 Å². The van der Waals surface area contributed by atoms with E-state index in [0.29, 0.717) is 41.7 Å². The van der Waals surface area contributed by atoms with Crippen LogP contribution < -0.4 is 20.1 Å². The first-order chi connectivity index (χ1) is 15.4. The lowest BCUT2D eigenvalue weighted by molar-refractivity contribution is -0.143. The average Bonchev–Trinajstić information content (AvgIpc) is 3.36. The predicted octanol–water partition coefficient (Wildman–Crippen LogP) is 1.20. The number of urea groups is 2. The molecule has 0 saturated carbocycles. The first kappa shape index (κ1) is 21.3. The number of imide groups is 3. The molecular formula is C20H18N4O7S. The number of fused-ring (bicyclic) bond motifs is 1. The van der Waals surface area contributed by atoms with E-state index in [4.69, 9.17) is 9.47 Å². The second-order valence-electron chi connectivity index (χ2n) is 6.82. The summed E-state index contributed by atoms with van der Waals surface area (Å²) in [7, 11) is 0. The van der Waals surface area contributed by atoms with Gasteiger partial charge in [0.05, 0.1) is 0 Å². The van der Waals surface area contributed by atoms with E-state index in [9.17, 15) is 24.0 Å². The molecule has 3 heterocycles. The predicted molar refractivity (Wildman–Crippen MR) is 111 cm³/mol. The molecule has 2 aromatic rings. The number of amides is 7. The molecule has 32 heavy (non-hydrogen) atoms. The number of carbonyl (C=O) groups is 5. The SMILES string of the molecule is O=C(CN1C(=O)C(=O)N(CCc2cccs2)C1=O)NC(=O)Nc1ccc2c(c1)OCCO2. The van der Waals surface area contributed by atoms with Crippen molar-refractivity contribution in [3.05, 3.63) is 40.6 Å². The minimum Gasteiger partial charge on any atom is -0.486 e. The Morgan fingerprint density at radius 1 is 1.00 bits per heavy atom. The minimum absolute atomic E-state index is 0.0205. The normalized spacial score (nSPS) is 15.2. The van der Waals surface area contributed by atoms with Gasteiger partial charge < -0.3 is 14.8 Å². The van der Waals surface area contributed by atoms with Crippen molar-refractivity contribution in [3.63, 3.8) is 0 Å². The van der Waals surface area contributed by atoms with Crippen molar-refractivity contribution >= 4 is 46.8 Å². The van der Waals surface area contributed by atoms with Crippen LogP contribution in [0.4, 0.5) is 15.3 Å². The lowest BCUT2D eigenvalue weighted by atomic mass is 10.2. The third-order valence-electron chi connectivity index (χ3n) is 4.65. The van der Waals surface area contributed by atoms with Crippen LogP contribution in [-0.2, 0) is 20.8 Å². The highest BCUT2D eigenvalue weighted by Gasteiger charge is 2.45. The Hall–Kier alpha value is -3.93. The van der Waals surface area contributed by atoms with Gasteiger partial charge >= 0.3 is 23.9 Å². The van der Waals surface area contributed by atoms with Gasteiger partial charge in [0, 0.05) is 29.6 Å². The summed E-state index contributed by atoms with van der Waals surface area (Å²) in [6.45, 7) is 0.0683. The van der Waals surface area contributed by atoms with Crippen LogP contribution >= 0.6 is 11.3 Å². The number of hydrogen-bond donors (Lipinski definition) is 2. The molecule has 4 rings (SSSR count). The third kappa shape index (κ3) is 4.54. The Morgan fingerprint density at radius 2 is 1.75 bits per heavy atom. The van der Waals surface area contributed by atoms with Gasteiger partial charge in [0.1, 0.15) is 19.8 Å². The van der Waals surface area contributed by atoms with Crippen molar-refractivity contribution in [2.45, 2.75) is 6.42 Å². The first-order valence-electron chi connectivity index (χ1n) is 9.62. The van der Waals surface area contributed by atoms with Gasteiger partial charge in [0.2, 0.25) is 5.91 Å². The van der Waals surface area contributed by atoms with E-state index in [-0.39, 0.29) is 6.54 Å². The molecule has 2 N–H and O–H groups in total. The van der Waals surface area contributed by atoms with Gasteiger partial charge in [-0.3, -0.25) is 24.6 Å². The molecule has 0 radical (unpaired) electrons. The van der Waals surface area contributed by atoms with E-state index < -0.39 is 36.3 Å². The van der Waals surface area contributed by atoms with E-state index in [1.54, 1.807) is 12.1 Å². The Bertz CT molecular complexity index is 1090. The molecule has 0 spiro atoms. The summed E-state index contributed by atoms with van der Waals surface area (Å²) in [6, 6.07) is 6.65. The van der Waals surface area contributed by atoms with Crippen LogP contribution in [0, 0.1) is 0 Å². The van der Waals surface area contributed by atoms with Crippen LogP contribution in [0.1, 0.15) is 4.88 Å². The number of carbonyl (C=O) groups excluding carboxylic acids is 5. The molecule has 0 bridgehead atoms. The molecule has 0 atom stereocenters. The van der Waals surface area contributed by atoms with Crippen LogP contribution in [-0.4, -0.2) is 65.9 Å². The van der Waals surface area contributed by atoms with Gasteiger partial charge in [-0.1, -0.05) is 6.07 Å². The molecular weight excluding hydrogens is 440 g/mol. The maximum absolute atomic E-state index is 12.4. The molecule has 1 aromatic heterocycles. The molecule has 1 saturated heterocycles. The lowest BCUT2D eigenvalue weighted by Crippen LogP contribution is -2.44. The lowest BCUT2D eigenvalue weighted by Gasteiger charge is -2.19. The second kappa shape index (κ2) is 9.06. The van der Waals surface area contributed by atoms with Crippen molar-refractivity contribution < 1.29 is 33.4 Å². The minimum atomic E-state index is -1.11. The quantitative estimate of drug-likeness (QED) is 0.491. The van der Waals surface area contributed by atoms with Gasteiger partial charge in [0.15, 0.2) is 11.5 Å². The summed E-state index contributed by atoms with van der Waals surface area (Å²) in [5, 5.41) is 6.34. The van der Waals surface area contributed by atoms with Gasteiger partial charge in [-0.05, 0) is 23.6 Å². The number of benzene rings is 1. The fourth-order valence-corrected chi connectivity index (χ4v) is 3.86. The zero-order chi connectivity index (χ0) is 22.7. The van der Waals surface area contributed by atoms with Crippen LogP contribution in [0.15, 0.2) is 35.7 Å². The maximum Gasteiger partial charge on any atom is 0.334 e. The molecule has 1 fully saturated rings. The molecule has 2 aliphatic rings. The molecule has 166 valence electrons. The van der Waals surface area contributed by atoms with E-state index in [1.165, 1.54) is 17.4 Å². The number of ether oxygens (including phenoxy) is 2.